The number of carbonyl (C=O) groups excluding carboxylic acids is 1. The number of anilines is 1. The fourth-order valence-electron chi connectivity index (χ4n) is 1.93. The fourth-order valence-corrected chi connectivity index (χ4v) is 1.93. The molecule has 0 saturated heterocycles. The molecule has 0 spiro atoms. The SMILES string of the molecule is CCOc1cc(NC(C)C(=O)N(CC)CC)nc(C)n1. The Balaban J connectivity index is 2.79. The van der Waals surface area contributed by atoms with Crippen LogP contribution in [0.25, 0.3) is 0 Å². The van der Waals surface area contributed by atoms with Crippen LogP contribution < -0.4 is 10.1 Å². The van der Waals surface area contributed by atoms with Gasteiger partial charge < -0.3 is 15.0 Å². The molecular weight excluding hydrogens is 256 g/mol. The first kappa shape index (κ1) is 16.2. The Bertz CT molecular complexity index is 447. The van der Waals surface area contributed by atoms with Crippen LogP contribution in [-0.4, -0.2) is 46.5 Å². The minimum atomic E-state index is -0.335. The quantitative estimate of drug-likeness (QED) is 0.825. The summed E-state index contributed by atoms with van der Waals surface area (Å²) >= 11 is 0. The summed E-state index contributed by atoms with van der Waals surface area (Å²) in [6, 6.07) is 1.38. The van der Waals surface area contributed by atoms with Gasteiger partial charge in [0.1, 0.15) is 17.7 Å². The van der Waals surface area contributed by atoms with Crippen molar-refractivity contribution < 1.29 is 9.53 Å². The summed E-state index contributed by atoms with van der Waals surface area (Å²) in [5, 5.41) is 3.11. The van der Waals surface area contributed by atoms with Gasteiger partial charge in [-0.3, -0.25) is 4.79 Å². The number of likely N-dealkylation sites (N-methyl/N-ethyl adjacent to an activating group) is 1. The van der Waals surface area contributed by atoms with Crippen LogP contribution in [0.15, 0.2) is 6.07 Å². The lowest BCUT2D eigenvalue weighted by Crippen LogP contribution is -2.41. The van der Waals surface area contributed by atoms with Crippen molar-refractivity contribution in [2.24, 2.45) is 0 Å². The second-order valence-corrected chi connectivity index (χ2v) is 4.45. The van der Waals surface area contributed by atoms with E-state index in [1.54, 1.807) is 17.9 Å². The van der Waals surface area contributed by atoms with E-state index in [0.29, 0.717) is 37.2 Å². The zero-order valence-electron chi connectivity index (χ0n) is 12.9. The zero-order valence-corrected chi connectivity index (χ0v) is 12.9. The third-order valence-electron chi connectivity index (χ3n) is 2.92. The van der Waals surface area contributed by atoms with Gasteiger partial charge in [-0.1, -0.05) is 0 Å². The largest absolute Gasteiger partial charge is 0.478 e. The summed E-state index contributed by atoms with van der Waals surface area (Å²) in [7, 11) is 0. The Kier molecular flexibility index (Phi) is 6.21. The van der Waals surface area contributed by atoms with E-state index in [2.05, 4.69) is 15.3 Å². The van der Waals surface area contributed by atoms with E-state index in [1.807, 2.05) is 27.7 Å². The van der Waals surface area contributed by atoms with Gasteiger partial charge in [-0.15, -0.1) is 0 Å². The van der Waals surface area contributed by atoms with Gasteiger partial charge in [-0.2, -0.15) is 4.98 Å². The molecule has 0 aliphatic heterocycles. The molecule has 0 bridgehead atoms. The van der Waals surface area contributed by atoms with Crippen molar-refractivity contribution in [1.29, 1.82) is 0 Å². The number of nitrogens with one attached hydrogen (secondary N) is 1. The molecule has 1 aromatic rings. The topological polar surface area (TPSA) is 67.3 Å². The van der Waals surface area contributed by atoms with Gasteiger partial charge in [0.25, 0.3) is 0 Å². The van der Waals surface area contributed by atoms with E-state index in [9.17, 15) is 4.79 Å². The van der Waals surface area contributed by atoms with Crippen molar-refractivity contribution in [2.45, 2.75) is 40.7 Å². The molecule has 1 heterocycles. The van der Waals surface area contributed by atoms with Crippen LogP contribution in [-0.2, 0) is 4.79 Å². The van der Waals surface area contributed by atoms with Crippen molar-refractivity contribution >= 4 is 11.7 Å². The first-order chi connectivity index (χ1) is 9.51. The molecule has 1 aromatic heterocycles. The fraction of sp³-hybridized carbons (Fsp3) is 0.643. The summed E-state index contributed by atoms with van der Waals surface area (Å²) in [4.78, 5) is 22.4. The van der Waals surface area contributed by atoms with Crippen LogP contribution in [0.2, 0.25) is 0 Å². The predicted molar refractivity (Wildman–Crippen MR) is 79.0 cm³/mol. The Morgan fingerprint density at radius 2 is 2.00 bits per heavy atom. The van der Waals surface area contributed by atoms with E-state index < -0.39 is 0 Å². The third-order valence-corrected chi connectivity index (χ3v) is 2.92. The maximum atomic E-state index is 12.2. The summed E-state index contributed by atoms with van der Waals surface area (Å²) in [6.45, 7) is 11.4. The molecule has 1 rings (SSSR count). The minimum absolute atomic E-state index is 0.0595. The molecule has 0 radical (unpaired) electrons. The molecule has 0 aromatic carbocycles. The monoisotopic (exact) mass is 280 g/mol. The van der Waals surface area contributed by atoms with Crippen LogP contribution in [0.5, 0.6) is 5.88 Å². The van der Waals surface area contributed by atoms with Gasteiger partial charge in [-0.05, 0) is 34.6 Å². The standard InChI is InChI=1S/C14H24N4O2/c1-6-18(7-2)14(19)10(4)15-12-9-13(20-8-3)17-11(5)16-12/h9-10H,6-8H2,1-5H3,(H,15,16,17). The number of hydrogen-bond acceptors (Lipinski definition) is 5. The highest BCUT2D eigenvalue weighted by molar-refractivity contribution is 5.84. The lowest BCUT2D eigenvalue weighted by atomic mass is 10.2. The molecular formula is C14H24N4O2. The Hall–Kier alpha value is -1.85. The minimum Gasteiger partial charge on any atom is -0.478 e. The van der Waals surface area contributed by atoms with E-state index >= 15 is 0 Å². The summed E-state index contributed by atoms with van der Waals surface area (Å²) in [5.74, 6) is 1.80. The van der Waals surface area contributed by atoms with Gasteiger partial charge in [0.2, 0.25) is 11.8 Å². The number of rotatable bonds is 7. The molecule has 112 valence electrons. The second-order valence-electron chi connectivity index (χ2n) is 4.45. The maximum Gasteiger partial charge on any atom is 0.244 e. The van der Waals surface area contributed by atoms with Gasteiger partial charge >= 0.3 is 0 Å². The van der Waals surface area contributed by atoms with Crippen molar-refractivity contribution in [1.82, 2.24) is 14.9 Å². The normalized spacial score (nSPS) is 11.8. The maximum absolute atomic E-state index is 12.2. The molecule has 1 amide bonds. The highest BCUT2D eigenvalue weighted by atomic mass is 16.5. The van der Waals surface area contributed by atoms with Crippen molar-refractivity contribution in [3.63, 3.8) is 0 Å². The molecule has 0 aliphatic rings. The number of ether oxygens (including phenoxy) is 1. The second kappa shape index (κ2) is 7.67. The predicted octanol–water partition coefficient (Wildman–Crippen LogP) is 1.85. The van der Waals surface area contributed by atoms with Gasteiger partial charge in [0.05, 0.1) is 6.61 Å². The first-order valence-corrected chi connectivity index (χ1v) is 7.05. The molecule has 1 unspecified atom stereocenters. The average Bonchev–Trinajstić information content (AvgIpc) is 2.39. The van der Waals surface area contributed by atoms with Crippen LogP contribution in [0.4, 0.5) is 5.82 Å². The van der Waals surface area contributed by atoms with Crippen LogP contribution in [0, 0.1) is 6.92 Å². The molecule has 20 heavy (non-hydrogen) atoms. The van der Waals surface area contributed by atoms with E-state index in [-0.39, 0.29) is 11.9 Å². The van der Waals surface area contributed by atoms with Crippen molar-refractivity contribution in [3.8, 4) is 5.88 Å². The molecule has 0 saturated carbocycles. The number of aromatic nitrogens is 2. The van der Waals surface area contributed by atoms with Crippen LogP contribution in [0.1, 0.15) is 33.5 Å². The van der Waals surface area contributed by atoms with Crippen molar-refractivity contribution in [3.05, 3.63) is 11.9 Å². The summed E-state index contributed by atoms with van der Waals surface area (Å²) in [6.07, 6.45) is 0. The number of aryl methyl sites for hydroxylation is 1. The Morgan fingerprint density at radius 3 is 2.55 bits per heavy atom. The highest BCUT2D eigenvalue weighted by Gasteiger charge is 2.18. The van der Waals surface area contributed by atoms with E-state index in [0.717, 1.165) is 0 Å². The van der Waals surface area contributed by atoms with Gasteiger partial charge in [0.15, 0.2) is 0 Å². The van der Waals surface area contributed by atoms with Crippen LogP contribution in [0.3, 0.4) is 0 Å². The number of carbonyl (C=O) groups is 1. The van der Waals surface area contributed by atoms with Crippen molar-refractivity contribution in [2.75, 3.05) is 25.0 Å². The Morgan fingerprint density at radius 1 is 1.35 bits per heavy atom. The number of nitrogens with zero attached hydrogens (tertiary/aromatic N) is 3. The molecule has 1 atom stereocenters. The molecule has 0 fully saturated rings. The van der Waals surface area contributed by atoms with E-state index in [4.69, 9.17) is 4.74 Å². The summed E-state index contributed by atoms with van der Waals surface area (Å²) < 4.78 is 5.37. The lowest BCUT2D eigenvalue weighted by molar-refractivity contribution is -0.131. The first-order valence-electron chi connectivity index (χ1n) is 7.05. The smallest absolute Gasteiger partial charge is 0.244 e. The summed E-state index contributed by atoms with van der Waals surface area (Å²) in [5.41, 5.74) is 0. The number of amides is 1. The average molecular weight is 280 g/mol. The van der Waals surface area contributed by atoms with E-state index in [1.165, 1.54) is 0 Å². The number of hydrogen-bond donors (Lipinski definition) is 1. The molecule has 6 heteroatoms. The molecule has 0 aliphatic carbocycles. The zero-order chi connectivity index (χ0) is 15.1. The highest BCUT2D eigenvalue weighted by Crippen LogP contribution is 2.14. The third kappa shape index (κ3) is 4.36. The van der Waals surface area contributed by atoms with Crippen LogP contribution >= 0.6 is 0 Å². The molecule has 1 N–H and O–H groups in total. The Labute approximate surface area is 120 Å². The lowest BCUT2D eigenvalue weighted by Gasteiger charge is -2.23. The van der Waals surface area contributed by atoms with Gasteiger partial charge in [0, 0.05) is 19.2 Å². The van der Waals surface area contributed by atoms with Gasteiger partial charge in [-0.25, -0.2) is 4.98 Å². The molecule has 6 nitrogen and oxygen atoms in total.